The van der Waals surface area contributed by atoms with Crippen LogP contribution in [0.5, 0.6) is 0 Å². The van der Waals surface area contributed by atoms with Crippen LogP contribution in [0.4, 0.5) is 0 Å². The molecule has 0 aromatic rings. The van der Waals surface area contributed by atoms with Gasteiger partial charge in [0.05, 0.1) is 17.8 Å². The van der Waals surface area contributed by atoms with E-state index in [1.54, 1.807) is 0 Å². The molecule has 3 atom stereocenters. The molecule has 2 saturated heterocycles. The van der Waals surface area contributed by atoms with E-state index in [9.17, 15) is 5.11 Å². The van der Waals surface area contributed by atoms with E-state index in [4.69, 9.17) is 4.74 Å². The lowest BCUT2D eigenvalue weighted by atomic mass is 9.92. The minimum atomic E-state index is -0.573. The monoisotopic (exact) mass is 213 g/mol. The van der Waals surface area contributed by atoms with Crippen molar-refractivity contribution in [3.8, 4) is 0 Å². The topological polar surface area (TPSA) is 32.7 Å². The summed E-state index contributed by atoms with van der Waals surface area (Å²) in [5, 5.41) is 10.3. The second kappa shape index (κ2) is 4.04. The molecule has 2 rings (SSSR count). The normalized spacial score (nSPS) is 35.8. The summed E-state index contributed by atoms with van der Waals surface area (Å²) in [5.41, 5.74) is -0.573. The van der Waals surface area contributed by atoms with Gasteiger partial charge in [0, 0.05) is 19.6 Å². The molecule has 2 aliphatic rings. The van der Waals surface area contributed by atoms with Gasteiger partial charge in [-0.15, -0.1) is 0 Å². The number of rotatable bonds is 3. The molecule has 2 bridgehead atoms. The Hall–Kier alpha value is -0.120. The Morgan fingerprint density at radius 3 is 2.33 bits per heavy atom. The quantitative estimate of drug-likeness (QED) is 0.766. The van der Waals surface area contributed by atoms with Gasteiger partial charge in [-0.25, -0.2) is 0 Å². The molecule has 1 N–H and O–H groups in total. The third-order valence-electron chi connectivity index (χ3n) is 3.91. The SMILES string of the molecule is CC(C)C(C)(O)CN1CC2CCC(C1)O2. The lowest BCUT2D eigenvalue weighted by molar-refractivity contribution is -0.0785. The van der Waals surface area contributed by atoms with Crippen LogP contribution in [0.2, 0.25) is 0 Å². The highest BCUT2D eigenvalue weighted by atomic mass is 16.5. The maximum Gasteiger partial charge on any atom is 0.0768 e. The summed E-state index contributed by atoms with van der Waals surface area (Å²) in [6.07, 6.45) is 3.24. The van der Waals surface area contributed by atoms with Gasteiger partial charge in [0.15, 0.2) is 0 Å². The van der Waals surface area contributed by atoms with Gasteiger partial charge in [-0.3, -0.25) is 4.90 Å². The first-order valence-corrected chi connectivity index (χ1v) is 6.07. The molecule has 15 heavy (non-hydrogen) atoms. The Bertz CT molecular complexity index is 216. The predicted octanol–water partition coefficient (Wildman–Crippen LogP) is 1.26. The summed E-state index contributed by atoms with van der Waals surface area (Å²) in [5.74, 6) is 0.304. The molecule has 2 aliphatic heterocycles. The molecule has 2 fully saturated rings. The number of likely N-dealkylation sites (tertiary alicyclic amines) is 1. The van der Waals surface area contributed by atoms with E-state index in [0.717, 1.165) is 19.6 Å². The Kier molecular flexibility index (Phi) is 3.06. The minimum absolute atomic E-state index is 0.304. The number of fused-ring (bicyclic) bond motifs is 2. The molecule has 88 valence electrons. The zero-order chi connectivity index (χ0) is 11.1. The molecular weight excluding hydrogens is 190 g/mol. The molecular formula is C12H23NO2. The highest BCUT2D eigenvalue weighted by Gasteiger charge is 2.37. The highest BCUT2D eigenvalue weighted by molar-refractivity contribution is 4.89. The summed E-state index contributed by atoms with van der Waals surface area (Å²) in [7, 11) is 0. The van der Waals surface area contributed by atoms with Crippen LogP contribution in [0.25, 0.3) is 0 Å². The lowest BCUT2D eigenvalue weighted by Gasteiger charge is -2.38. The largest absolute Gasteiger partial charge is 0.389 e. The van der Waals surface area contributed by atoms with E-state index >= 15 is 0 Å². The van der Waals surface area contributed by atoms with E-state index in [1.807, 2.05) is 6.92 Å². The van der Waals surface area contributed by atoms with Gasteiger partial charge in [0.1, 0.15) is 0 Å². The number of ether oxygens (including phenoxy) is 1. The molecule has 3 heteroatoms. The Morgan fingerprint density at radius 1 is 1.33 bits per heavy atom. The molecule has 0 spiro atoms. The second-order valence-electron chi connectivity index (χ2n) is 5.66. The van der Waals surface area contributed by atoms with E-state index in [0.29, 0.717) is 18.1 Å². The summed E-state index contributed by atoms with van der Waals surface area (Å²) in [4.78, 5) is 2.37. The number of β-amino-alcohol motifs (C(OH)–C–C–N with tert-alkyl or cyclic N) is 1. The Morgan fingerprint density at radius 2 is 1.87 bits per heavy atom. The van der Waals surface area contributed by atoms with E-state index < -0.39 is 5.60 Å². The zero-order valence-corrected chi connectivity index (χ0v) is 10.1. The third kappa shape index (κ3) is 2.52. The van der Waals surface area contributed by atoms with Crippen LogP contribution in [-0.2, 0) is 4.74 Å². The summed E-state index contributed by atoms with van der Waals surface area (Å²) >= 11 is 0. The zero-order valence-electron chi connectivity index (χ0n) is 10.1. The number of nitrogens with zero attached hydrogens (tertiary/aromatic N) is 1. The second-order valence-corrected chi connectivity index (χ2v) is 5.66. The molecule has 2 heterocycles. The van der Waals surface area contributed by atoms with Gasteiger partial charge in [0.2, 0.25) is 0 Å². The summed E-state index contributed by atoms with van der Waals surface area (Å²) < 4.78 is 5.78. The van der Waals surface area contributed by atoms with Crippen molar-refractivity contribution < 1.29 is 9.84 Å². The predicted molar refractivity (Wildman–Crippen MR) is 59.8 cm³/mol. The van der Waals surface area contributed by atoms with Crippen molar-refractivity contribution in [2.24, 2.45) is 5.92 Å². The smallest absolute Gasteiger partial charge is 0.0768 e. The van der Waals surface area contributed by atoms with E-state index in [-0.39, 0.29) is 0 Å². The molecule has 0 saturated carbocycles. The number of morpholine rings is 1. The van der Waals surface area contributed by atoms with Crippen LogP contribution < -0.4 is 0 Å². The van der Waals surface area contributed by atoms with Crippen LogP contribution in [0, 0.1) is 5.92 Å². The number of hydrogen-bond donors (Lipinski definition) is 1. The molecule has 0 amide bonds. The van der Waals surface area contributed by atoms with Gasteiger partial charge in [-0.2, -0.15) is 0 Å². The van der Waals surface area contributed by atoms with Crippen molar-refractivity contribution in [1.82, 2.24) is 4.90 Å². The van der Waals surface area contributed by atoms with Crippen LogP contribution in [0.3, 0.4) is 0 Å². The van der Waals surface area contributed by atoms with Crippen molar-refractivity contribution in [3.63, 3.8) is 0 Å². The maximum atomic E-state index is 10.3. The average molecular weight is 213 g/mol. The first-order valence-electron chi connectivity index (χ1n) is 6.07. The fraction of sp³-hybridized carbons (Fsp3) is 1.00. The molecule has 0 aromatic carbocycles. The molecule has 0 radical (unpaired) electrons. The van der Waals surface area contributed by atoms with E-state index in [1.165, 1.54) is 12.8 Å². The fourth-order valence-electron chi connectivity index (χ4n) is 2.46. The van der Waals surface area contributed by atoms with Crippen molar-refractivity contribution in [2.75, 3.05) is 19.6 Å². The van der Waals surface area contributed by atoms with Crippen LogP contribution in [0.15, 0.2) is 0 Å². The first kappa shape index (κ1) is 11.4. The first-order chi connectivity index (χ1) is 6.97. The van der Waals surface area contributed by atoms with Gasteiger partial charge in [-0.1, -0.05) is 13.8 Å². The Balaban J connectivity index is 1.90. The highest BCUT2D eigenvalue weighted by Crippen LogP contribution is 2.28. The van der Waals surface area contributed by atoms with Gasteiger partial charge in [0.25, 0.3) is 0 Å². The maximum absolute atomic E-state index is 10.3. The average Bonchev–Trinajstić information content (AvgIpc) is 2.44. The number of hydrogen-bond acceptors (Lipinski definition) is 3. The molecule has 0 aromatic heterocycles. The minimum Gasteiger partial charge on any atom is -0.389 e. The summed E-state index contributed by atoms with van der Waals surface area (Å²) in [6.45, 7) is 8.87. The van der Waals surface area contributed by atoms with Crippen LogP contribution in [0.1, 0.15) is 33.6 Å². The Labute approximate surface area is 92.4 Å². The number of aliphatic hydroxyl groups is 1. The van der Waals surface area contributed by atoms with Gasteiger partial charge < -0.3 is 9.84 Å². The third-order valence-corrected chi connectivity index (χ3v) is 3.91. The molecule has 3 unspecified atom stereocenters. The van der Waals surface area contributed by atoms with E-state index in [2.05, 4.69) is 18.7 Å². The van der Waals surface area contributed by atoms with Crippen LogP contribution in [-0.4, -0.2) is 47.4 Å². The van der Waals surface area contributed by atoms with Crippen molar-refractivity contribution >= 4 is 0 Å². The fourth-order valence-corrected chi connectivity index (χ4v) is 2.46. The van der Waals surface area contributed by atoms with Gasteiger partial charge in [-0.05, 0) is 25.7 Å². The lowest BCUT2D eigenvalue weighted by Crippen LogP contribution is -2.51. The molecule has 0 aliphatic carbocycles. The van der Waals surface area contributed by atoms with Gasteiger partial charge >= 0.3 is 0 Å². The molecule has 3 nitrogen and oxygen atoms in total. The standard InChI is InChI=1S/C12H23NO2/c1-9(2)12(3,14)8-13-6-10-4-5-11(7-13)15-10/h9-11,14H,4-8H2,1-3H3. The van der Waals surface area contributed by atoms with Crippen LogP contribution >= 0.6 is 0 Å². The summed E-state index contributed by atoms with van der Waals surface area (Å²) in [6, 6.07) is 0. The van der Waals surface area contributed by atoms with Crippen molar-refractivity contribution in [1.29, 1.82) is 0 Å². The van der Waals surface area contributed by atoms with Crippen molar-refractivity contribution in [2.45, 2.75) is 51.4 Å². The van der Waals surface area contributed by atoms with Crippen molar-refractivity contribution in [3.05, 3.63) is 0 Å².